The minimum absolute atomic E-state index is 0.851. The molecular formula is C13H32N4Si2. The van der Waals surface area contributed by atoms with Gasteiger partial charge in [-0.3, -0.25) is 0 Å². The number of hydrogen-bond acceptors (Lipinski definition) is 4. The Morgan fingerprint density at radius 2 is 1.00 bits per heavy atom. The molecule has 112 valence electrons. The fourth-order valence-electron chi connectivity index (χ4n) is 1.25. The molecule has 0 aromatic carbocycles. The van der Waals surface area contributed by atoms with E-state index in [4.69, 9.17) is 0 Å². The molecule has 0 aromatic heterocycles. The van der Waals surface area contributed by atoms with Gasteiger partial charge in [0, 0.05) is 31.9 Å². The minimum atomic E-state index is -1.33. The molecule has 0 saturated carbocycles. The van der Waals surface area contributed by atoms with Crippen LogP contribution < -0.4 is 0 Å². The van der Waals surface area contributed by atoms with E-state index in [-0.39, 0.29) is 0 Å². The van der Waals surface area contributed by atoms with Gasteiger partial charge in [0.2, 0.25) is 0 Å². The van der Waals surface area contributed by atoms with E-state index < -0.39 is 16.5 Å². The molecule has 0 saturated heterocycles. The number of hydrazone groups is 2. The predicted molar refractivity (Wildman–Crippen MR) is 93.1 cm³/mol. The third-order valence-corrected chi connectivity index (χ3v) is 7.18. The maximum absolute atomic E-state index is 4.68. The topological polar surface area (TPSA) is 31.2 Å². The minimum Gasteiger partial charge on any atom is -0.328 e. The molecule has 6 heteroatoms. The van der Waals surface area contributed by atoms with Gasteiger partial charge in [-0.25, -0.2) is 0 Å². The second kappa shape index (κ2) is 6.70. The van der Waals surface area contributed by atoms with Crippen molar-refractivity contribution >= 4 is 27.9 Å². The zero-order valence-electron chi connectivity index (χ0n) is 14.5. The van der Waals surface area contributed by atoms with E-state index in [0.717, 1.165) is 17.8 Å². The summed E-state index contributed by atoms with van der Waals surface area (Å²) in [5, 5.41) is 9.36. The van der Waals surface area contributed by atoms with Crippen molar-refractivity contribution in [1.82, 2.24) is 9.35 Å². The molecule has 0 aliphatic carbocycles. The summed E-state index contributed by atoms with van der Waals surface area (Å²) in [6, 6.07) is 0. The molecule has 0 rings (SSSR count). The van der Waals surface area contributed by atoms with Crippen LogP contribution >= 0.6 is 0 Å². The van der Waals surface area contributed by atoms with Crippen molar-refractivity contribution in [2.75, 3.05) is 14.1 Å². The summed E-state index contributed by atoms with van der Waals surface area (Å²) >= 11 is 0. The second-order valence-electron chi connectivity index (χ2n) is 7.24. The van der Waals surface area contributed by atoms with Gasteiger partial charge in [-0.2, -0.15) is 10.2 Å². The van der Waals surface area contributed by atoms with Crippen LogP contribution in [0.3, 0.4) is 0 Å². The molecule has 0 bridgehead atoms. The van der Waals surface area contributed by atoms with E-state index >= 15 is 0 Å². The molecule has 0 radical (unpaired) electrons. The van der Waals surface area contributed by atoms with E-state index in [1.165, 1.54) is 0 Å². The monoisotopic (exact) mass is 300 g/mol. The van der Waals surface area contributed by atoms with Crippen LogP contribution in [0.5, 0.6) is 0 Å². The van der Waals surface area contributed by atoms with Crippen molar-refractivity contribution in [2.45, 2.75) is 59.6 Å². The van der Waals surface area contributed by atoms with E-state index in [9.17, 15) is 0 Å². The number of hydrogen-bond donors (Lipinski definition) is 0. The van der Waals surface area contributed by atoms with Crippen LogP contribution in [0, 0.1) is 0 Å². The van der Waals surface area contributed by atoms with Crippen molar-refractivity contribution in [2.24, 2.45) is 10.2 Å². The summed E-state index contributed by atoms with van der Waals surface area (Å²) in [6.07, 6.45) is 0.851. The Hall–Kier alpha value is -0.626. The van der Waals surface area contributed by atoms with Gasteiger partial charge < -0.3 is 9.35 Å². The Morgan fingerprint density at radius 3 is 1.21 bits per heavy atom. The highest BCUT2D eigenvalue weighted by Gasteiger charge is 2.20. The van der Waals surface area contributed by atoms with Crippen molar-refractivity contribution in [3.8, 4) is 0 Å². The third-order valence-electron chi connectivity index (χ3n) is 3.09. The normalized spacial score (nSPS) is 14.6. The van der Waals surface area contributed by atoms with Crippen molar-refractivity contribution < 1.29 is 0 Å². The average molecular weight is 301 g/mol. The molecule has 4 nitrogen and oxygen atoms in total. The van der Waals surface area contributed by atoms with Crippen LogP contribution in [0.25, 0.3) is 0 Å². The molecular weight excluding hydrogens is 268 g/mol. The molecule has 0 N–H and O–H groups in total. The maximum Gasteiger partial charge on any atom is 0.168 e. The summed E-state index contributed by atoms with van der Waals surface area (Å²) < 4.78 is 4.30. The Morgan fingerprint density at radius 1 is 0.737 bits per heavy atom. The molecule has 19 heavy (non-hydrogen) atoms. The smallest absolute Gasteiger partial charge is 0.168 e. The molecule has 0 unspecified atom stereocenters. The zero-order valence-corrected chi connectivity index (χ0v) is 16.5. The quantitative estimate of drug-likeness (QED) is 0.426. The van der Waals surface area contributed by atoms with Gasteiger partial charge in [-0.05, 0) is 13.8 Å². The molecule has 0 fully saturated rings. The predicted octanol–water partition coefficient (Wildman–Crippen LogP) is 3.66. The summed E-state index contributed by atoms with van der Waals surface area (Å²) in [4.78, 5) is 0. The summed E-state index contributed by atoms with van der Waals surface area (Å²) in [6.45, 7) is 17.9. The van der Waals surface area contributed by atoms with E-state index in [2.05, 4.69) is 86.8 Å². The number of rotatable bonds is 6. The lowest BCUT2D eigenvalue weighted by Gasteiger charge is -2.28. The second-order valence-corrected chi connectivity index (χ2v) is 17.2. The highest BCUT2D eigenvalue weighted by atomic mass is 28.3. The Labute approximate surface area is 121 Å². The third kappa shape index (κ3) is 7.52. The van der Waals surface area contributed by atoms with Gasteiger partial charge in [-0.15, -0.1) is 0 Å². The molecule has 0 aliphatic heterocycles. The van der Waals surface area contributed by atoms with Gasteiger partial charge >= 0.3 is 0 Å². The Kier molecular flexibility index (Phi) is 6.48. The molecule has 0 aliphatic rings. The number of nitrogens with zero attached hydrogens (tertiary/aromatic N) is 4. The fourth-order valence-corrected chi connectivity index (χ4v) is 2.19. The van der Waals surface area contributed by atoms with Crippen molar-refractivity contribution in [3.63, 3.8) is 0 Å². The first-order chi connectivity index (χ1) is 8.34. The largest absolute Gasteiger partial charge is 0.328 e. The summed E-state index contributed by atoms with van der Waals surface area (Å²) in [5.74, 6) is 0. The van der Waals surface area contributed by atoms with Crippen molar-refractivity contribution in [3.05, 3.63) is 0 Å². The van der Waals surface area contributed by atoms with Crippen molar-refractivity contribution in [1.29, 1.82) is 0 Å². The Bertz CT molecular complexity index is 317. The maximum atomic E-state index is 4.68. The molecule has 0 atom stereocenters. The lowest BCUT2D eigenvalue weighted by atomic mass is 10.2. The zero-order chi connectivity index (χ0) is 15.4. The lowest BCUT2D eigenvalue weighted by molar-refractivity contribution is 0.543. The SMILES string of the molecule is CC(CC(C)=NN(C)[Si](C)(C)C)=NN(C)[Si](C)(C)C. The van der Waals surface area contributed by atoms with Crippen LogP contribution in [0.2, 0.25) is 39.3 Å². The highest BCUT2D eigenvalue weighted by Crippen LogP contribution is 2.09. The summed E-state index contributed by atoms with van der Waals surface area (Å²) in [7, 11) is 1.49. The van der Waals surface area contributed by atoms with Gasteiger partial charge in [0.25, 0.3) is 0 Å². The standard InChI is InChI=1S/C13H32N4Si2/c1-12(14-16(3)18(5,6)7)11-13(2)15-17(4)19(8,9)10/h11H2,1-10H3. The van der Waals surface area contributed by atoms with Crippen LogP contribution in [-0.2, 0) is 0 Å². The lowest BCUT2D eigenvalue weighted by Crippen LogP contribution is -2.40. The van der Waals surface area contributed by atoms with E-state index in [1.54, 1.807) is 0 Å². The molecule has 0 aromatic rings. The van der Waals surface area contributed by atoms with Gasteiger partial charge in [-0.1, -0.05) is 39.3 Å². The molecule has 0 amide bonds. The fraction of sp³-hybridized carbons (Fsp3) is 0.846. The molecule has 0 heterocycles. The Balaban J connectivity index is 4.70. The summed E-state index contributed by atoms with van der Waals surface area (Å²) in [5.41, 5.74) is 2.27. The van der Waals surface area contributed by atoms with Crippen LogP contribution in [0.15, 0.2) is 10.2 Å². The first-order valence-corrected chi connectivity index (χ1v) is 13.8. The van der Waals surface area contributed by atoms with E-state index in [0.29, 0.717) is 0 Å². The molecule has 0 spiro atoms. The van der Waals surface area contributed by atoms with Crippen LogP contribution in [0.4, 0.5) is 0 Å². The first-order valence-electron chi connectivity index (χ1n) is 6.90. The van der Waals surface area contributed by atoms with Crippen LogP contribution in [-0.4, -0.2) is 51.3 Å². The average Bonchev–Trinajstić information content (AvgIpc) is 2.13. The van der Waals surface area contributed by atoms with E-state index in [1.807, 2.05) is 0 Å². The highest BCUT2D eigenvalue weighted by molar-refractivity contribution is 6.73. The van der Waals surface area contributed by atoms with Gasteiger partial charge in [0.05, 0.1) is 0 Å². The van der Waals surface area contributed by atoms with Gasteiger partial charge in [0.15, 0.2) is 16.5 Å². The van der Waals surface area contributed by atoms with Crippen LogP contribution in [0.1, 0.15) is 20.3 Å². The first kappa shape index (κ1) is 18.4. The van der Waals surface area contributed by atoms with Gasteiger partial charge in [0.1, 0.15) is 0 Å².